The molecule has 2 N–H and O–H groups in total. The van der Waals surface area contributed by atoms with Crippen LogP contribution in [-0.2, 0) is 9.53 Å². The molecule has 112 valence electrons. The van der Waals surface area contributed by atoms with Gasteiger partial charge < -0.3 is 15.2 Å². The highest BCUT2D eigenvalue weighted by atomic mass is 16.5. The lowest BCUT2D eigenvalue weighted by atomic mass is 10.1. The SMILES string of the molecule is CCOC(=O)CC(O)CNCC(C)N1CCCCC1. The number of rotatable bonds is 8. The van der Waals surface area contributed by atoms with E-state index in [1.165, 1.54) is 32.4 Å². The van der Waals surface area contributed by atoms with Gasteiger partial charge in [0.25, 0.3) is 0 Å². The first-order valence-electron chi connectivity index (χ1n) is 7.42. The molecule has 0 aromatic heterocycles. The number of esters is 1. The van der Waals surface area contributed by atoms with Crippen molar-refractivity contribution in [3.05, 3.63) is 0 Å². The van der Waals surface area contributed by atoms with E-state index in [0.717, 1.165) is 6.54 Å². The lowest BCUT2D eigenvalue weighted by Gasteiger charge is -2.32. The van der Waals surface area contributed by atoms with Crippen molar-refractivity contribution >= 4 is 5.97 Å². The van der Waals surface area contributed by atoms with Crippen molar-refractivity contribution in [2.24, 2.45) is 0 Å². The monoisotopic (exact) mass is 272 g/mol. The highest BCUT2D eigenvalue weighted by molar-refractivity contribution is 5.69. The largest absolute Gasteiger partial charge is 0.466 e. The molecular weight excluding hydrogens is 244 g/mol. The van der Waals surface area contributed by atoms with Crippen LogP contribution in [0.1, 0.15) is 39.5 Å². The van der Waals surface area contributed by atoms with Gasteiger partial charge in [-0.3, -0.25) is 9.69 Å². The van der Waals surface area contributed by atoms with Crippen molar-refractivity contribution in [2.75, 3.05) is 32.8 Å². The topological polar surface area (TPSA) is 61.8 Å². The summed E-state index contributed by atoms with van der Waals surface area (Å²) in [5.41, 5.74) is 0. The first-order chi connectivity index (χ1) is 9.13. The number of hydrogen-bond donors (Lipinski definition) is 2. The summed E-state index contributed by atoms with van der Waals surface area (Å²) in [6.45, 7) is 7.98. The van der Waals surface area contributed by atoms with E-state index in [1.807, 2.05) is 0 Å². The van der Waals surface area contributed by atoms with Crippen molar-refractivity contribution in [3.63, 3.8) is 0 Å². The molecule has 2 unspecified atom stereocenters. The second-order valence-corrected chi connectivity index (χ2v) is 5.27. The van der Waals surface area contributed by atoms with Crippen molar-refractivity contribution < 1.29 is 14.6 Å². The average Bonchev–Trinajstić information content (AvgIpc) is 2.39. The predicted octanol–water partition coefficient (Wildman–Crippen LogP) is 0.765. The summed E-state index contributed by atoms with van der Waals surface area (Å²) in [5.74, 6) is -0.333. The van der Waals surface area contributed by atoms with Gasteiger partial charge in [0.15, 0.2) is 0 Å². The minimum atomic E-state index is -0.660. The third-order valence-electron chi connectivity index (χ3n) is 3.54. The number of piperidine rings is 1. The van der Waals surface area contributed by atoms with E-state index in [-0.39, 0.29) is 12.4 Å². The van der Waals surface area contributed by atoms with Gasteiger partial charge in [0.05, 0.1) is 19.1 Å². The zero-order valence-electron chi connectivity index (χ0n) is 12.2. The number of ether oxygens (including phenoxy) is 1. The highest BCUT2D eigenvalue weighted by Crippen LogP contribution is 2.11. The van der Waals surface area contributed by atoms with Crippen molar-refractivity contribution in [1.29, 1.82) is 0 Å². The van der Waals surface area contributed by atoms with E-state index < -0.39 is 6.10 Å². The second kappa shape index (κ2) is 9.28. The van der Waals surface area contributed by atoms with E-state index in [9.17, 15) is 9.90 Å². The maximum Gasteiger partial charge on any atom is 0.308 e. The Morgan fingerprint density at radius 2 is 2.00 bits per heavy atom. The van der Waals surface area contributed by atoms with Crippen molar-refractivity contribution in [3.8, 4) is 0 Å². The summed E-state index contributed by atoms with van der Waals surface area (Å²) in [6.07, 6.45) is 3.33. The molecule has 0 spiro atoms. The third-order valence-corrected chi connectivity index (χ3v) is 3.54. The fourth-order valence-electron chi connectivity index (χ4n) is 2.43. The Hall–Kier alpha value is -0.650. The van der Waals surface area contributed by atoms with Crippen LogP contribution in [0.2, 0.25) is 0 Å². The molecule has 1 rings (SSSR count). The Labute approximate surface area is 116 Å². The summed E-state index contributed by atoms with van der Waals surface area (Å²) in [4.78, 5) is 13.7. The molecule has 1 heterocycles. The molecule has 0 aliphatic carbocycles. The zero-order chi connectivity index (χ0) is 14.1. The molecule has 19 heavy (non-hydrogen) atoms. The molecule has 1 saturated heterocycles. The summed E-state index contributed by atoms with van der Waals surface area (Å²) in [7, 11) is 0. The van der Waals surface area contributed by atoms with Crippen molar-refractivity contribution in [2.45, 2.75) is 51.7 Å². The van der Waals surface area contributed by atoms with Crippen molar-refractivity contribution in [1.82, 2.24) is 10.2 Å². The van der Waals surface area contributed by atoms with E-state index in [1.54, 1.807) is 6.92 Å². The van der Waals surface area contributed by atoms with Gasteiger partial charge in [-0.2, -0.15) is 0 Å². The normalized spacial score (nSPS) is 19.9. The van der Waals surface area contributed by atoms with Crippen LogP contribution in [0.4, 0.5) is 0 Å². The van der Waals surface area contributed by atoms with Gasteiger partial charge in [-0.1, -0.05) is 6.42 Å². The Kier molecular flexibility index (Phi) is 8.02. The third kappa shape index (κ3) is 6.89. The molecule has 5 heteroatoms. The molecule has 0 bridgehead atoms. The van der Waals surface area contributed by atoms with Gasteiger partial charge in [-0.25, -0.2) is 0 Å². The van der Waals surface area contributed by atoms with Gasteiger partial charge >= 0.3 is 5.97 Å². The van der Waals surface area contributed by atoms with Crippen LogP contribution in [0.3, 0.4) is 0 Å². The average molecular weight is 272 g/mol. The van der Waals surface area contributed by atoms with Crippen LogP contribution >= 0.6 is 0 Å². The van der Waals surface area contributed by atoms with E-state index >= 15 is 0 Å². The number of nitrogens with one attached hydrogen (secondary N) is 1. The molecular formula is C14H28N2O3. The van der Waals surface area contributed by atoms with Crippen LogP contribution in [0.5, 0.6) is 0 Å². The fraction of sp³-hybridized carbons (Fsp3) is 0.929. The minimum Gasteiger partial charge on any atom is -0.466 e. The summed E-state index contributed by atoms with van der Waals surface area (Å²) in [5, 5.41) is 12.9. The smallest absolute Gasteiger partial charge is 0.308 e. The Morgan fingerprint density at radius 1 is 1.32 bits per heavy atom. The predicted molar refractivity (Wildman–Crippen MR) is 75.0 cm³/mol. The Morgan fingerprint density at radius 3 is 2.63 bits per heavy atom. The van der Waals surface area contributed by atoms with Crippen LogP contribution in [0.25, 0.3) is 0 Å². The van der Waals surface area contributed by atoms with Gasteiger partial charge in [-0.15, -0.1) is 0 Å². The summed E-state index contributed by atoms with van der Waals surface area (Å²) in [6, 6.07) is 0.482. The van der Waals surface area contributed by atoms with Crippen LogP contribution in [-0.4, -0.2) is 60.9 Å². The Bertz CT molecular complexity index is 255. The van der Waals surface area contributed by atoms with Crippen LogP contribution < -0.4 is 5.32 Å². The molecule has 0 aromatic rings. The number of likely N-dealkylation sites (tertiary alicyclic amines) is 1. The molecule has 0 amide bonds. The number of aliphatic hydroxyl groups is 1. The zero-order valence-corrected chi connectivity index (χ0v) is 12.2. The molecule has 0 saturated carbocycles. The van der Waals surface area contributed by atoms with Crippen LogP contribution in [0, 0.1) is 0 Å². The standard InChI is InChI=1S/C14H28N2O3/c1-3-19-14(18)9-13(17)11-15-10-12(2)16-7-5-4-6-8-16/h12-13,15,17H,3-11H2,1-2H3. The molecule has 0 aromatic carbocycles. The number of carbonyl (C=O) groups excluding carboxylic acids is 1. The van der Waals surface area contributed by atoms with Crippen LogP contribution in [0.15, 0.2) is 0 Å². The van der Waals surface area contributed by atoms with Gasteiger partial charge in [0, 0.05) is 19.1 Å². The van der Waals surface area contributed by atoms with E-state index in [4.69, 9.17) is 4.74 Å². The first-order valence-corrected chi connectivity index (χ1v) is 7.42. The van der Waals surface area contributed by atoms with E-state index in [0.29, 0.717) is 19.2 Å². The number of nitrogens with zero attached hydrogens (tertiary/aromatic N) is 1. The number of carbonyl (C=O) groups is 1. The van der Waals surface area contributed by atoms with Gasteiger partial charge in [0.1, 0.15) is 0 Å². The lowest BCUT2D eigenvalue weighted by molar-refractivity contribution is -0.145. The van der Waals surface area contributed by atoms with Gasteiger partial charge in [-0.05, 0) is 39.8 Å². The Balaban J connectivity index is 2.09. The second-order valence-electron chi connectivity index (χ2n) is 5.27. The fourth-order valence-corrected chi connectivity index (χ4v) is 2.43. The molecule has 2 atom stereocenters. The lowest BCUT2D eigenvalue weighted by Crippen LogP contribution is -2.44. The number of hydrogen-bond acceptors (Lipinski definition) is 5. The minimum absolute atomic E-state index is 0.0684. The molecule has 5 nitrogen and oxygen atoms in total. The van der Waals surface area contributed by atoms with E-state index in [2.05, 4.69) is 17.1 Å². The van der Waals surface area contributed by atoms with Gasteiger partial charge in [0.2, 0.25) is 0 Å². The maximum absolute atomic E-state index is 11.2. The quantitative estimate of drug-likeness (QED) is 0.639. The number of aliphatic hydroxyl groups excluding tert-OH is 1. The maximum atomic E-state index is 11.2. The molecule has 1 fully saturated rings. The summed E-state index contributed by atoms with van der Waals surface area (Å²) < 4.78 is 4.80. The molecule has 1 aliphatic rings. The molecule has 0 radical (unpaired) electrons. The molecule has 1 aliphatic heterocycles. The first kappa shape index (κ1) is 16.4. The summed E-state index contributed by atoms with van der Waals surface area (Å²) >= 11 is 0. The highest BCUT2D eigenvalue weighted by Gasteiger charge is 2.17.